The van der Waals surface area contributed by atoms with E-state index in [-0.39, 0.29) is 0 Å². The van der Waals surface area contributed by atoms with E-state index >= 15 is 0 Å². The van der Waals surface area contributed by atoms with Gasteiger partial charge < -0.3 is 4.74 Å². The summed E-state index contributed by atoms with van der Waals surface area (Å²) in [6.45, 7) is 4.90. The second kappa shape index (κ2) is 9.69. The zero-order chi connectivity index (χ0) is 18.5. The van der Waals surface area contributed by atoms with Crippen LogP contribution in [0, 0.1) is 17.8 Å². The van der Waals surface area contributed by atoms with Gasteiger partial charge in [-0.1, -0.05) is 61.9 Å². The van der Waals surface area contributed by atoms with Gasteiger partial charge in [-0.3, -0.25) is 0 Å². The molecule has 1 aromatic rings. The number of hydrogen-bond acceptors (Lipinski definition) is 1. The van der Waals surface area contributed by atoms with Crippen LogP contribution in [0.5, 0.6) is 5.75 Å². The zero-order valence-corrected chi connectivity index (χ0v) is 17.9. The van der Waals surface area contributed by atoms with Crippen molar-refractivity contribution >= 4 is 23.2 Å². The highest BCUT2D eigenvalue weighted by atomic mass is 35.5. The van der Waals surface area contributed by atoms with Gasteiger partial charge in [-0.05, 0) is 80.8 Å². The first kappa shape index (κ1) is 20.3. The smallest absolute Gasteiger partial charge is 0.139 e. The molecule has 0 radical (unpaired) electrons. The van der Waals surface area contributed by atoms with Crippen LogP contribution >= 0.6 is 23.2 Å². The van der Waals surface area contributed by atoms with Gasteiger partial charge in [0.25, 0.3) is 0 Å². The van der Waals surface area contributed by atoms with Crippen LogP contribution in [0.3, 0.4) is 0 Å². The quantitative estimate of drug-likeness (QED) is 0.469. The largest absolute Gasteiger partial charge is 0.492 e. The van der Waals surface area contributed by atoms with Crippen molar-refractivity contribution in [1.29, 1.82) is 0 Å². The highest BCUT2D eigenvalue weighted by Gasteiger charge is 2.32. The SMILES string of the molecule is CCC[C@H]1CC[C@H]([C@H]2CC[C@H](c3ccc(OCC)c(Cl)c3Cl)CC2)CC1. The topological polar surface area (TPSA) is 9.23 Å². The van der Waals surface area contributed by atoms with Gasteiger partial charge in [-0.25, -0.2) is 0 Å². The summed E-state index contributed by atoms with van der Waals surface area (Å²) in [5.41, 5.74) is 1.23. The van der Waals surface area contributed by atoms with Crippen molar-refractivity contribution in [2.24, 2.45) is 17.8 Å². The van der Waals surface area contributed by atoms with E-state index in [1.54, 1.807) is 0 Å². The molecule has 3 heteroatoms. The molecule has 146 valence electrons. The summed E-state index contributed by atoms with van der Waals surface area (Å²) >= 11 is 13.0. The highest BCUT2D eigenvalue weighted by molar-refractivity contribution is 6.43. The van der Waals surface area contributed by atoms with E-state index in [0.717, 1.165) is 17.8 Å². The normalized spacial score (nSPS) is 29.5. The van der Waals surface area contributed by atoms with E-state index in [1.165, 1.54) is 69.8 Å². The van der Waals surface area contributed by atoms with Crippen LogP contribution in [0.25, 0.3) is 0 Å². The Hall–Kier alpha value is -0.400. The fourth-order valence-electron chi connectivity index (χ4n) is 5.39. The van der Waals surface area contributed by atoms with Gasteiger partial charge in [0.15, 0.2) is 0 Å². The molecule has 0 unspecified atom stereocenters. The number of hydrogen-bond donors (Lipinski definition) is 0. The van der Waals surface area contributed by atoms with Crippen LogP contribution in [0.1, 0.15) is 89.5 Å². The molecule has 0 spiro atoms. The fourth-order valence-corrected chi connectivity index (χ4v) is 5.92. The molecule has 0 atom stereocenters. The van der Waals surface area contributed by atoms with Crippen molar-refractivity contribution in [2.75, 3.05) is 6.61 Å². The number of rotatable bonds is 6. The molecule has 2 aliphatic rings. The van der Waals surface area contributed by atoms with Gasteiger partial charge in [0, 0.05) is 0 Å². The van der Waals surface area contributed by atoms with E-state index in [9.17, 15) is 0 Å². The Balaban J connectivity index is 1.55. The van der Waals surface area contributed by atoms with Crippen molar-refractivity contribution in [2.45, 2.75) is 84.0 Å². The molecule has 3 rings (SSSR count). The Bertz CT molecular complexity index is 570. The Kier molecular flexibility index (Phi) is 7.58. The lowest BCUT2D eigenvalue weighted by atomic mass is 9.68. The molecule has 0 amide bonds. The van der Waals surface area contributed by atoms with Crippen molar-refractivity contribution in [3.05, 3.63) is 27.7 Å². The minimum absolute atomic E-state index is 0.559. The Morgan fingerprint density at radius 2 is 1.46 bits per heavy atom. The summed E-state index contributed by atoms with van der Waals surface area (Å²) in [7, 11) is 0. The first-order chi connectivity index (χ1) is 12.6. The summed E-state index contributed by atoms with van der Waals surface area (Å²) in [6, 6.07) is 4.13. The lowest BCUT2D eigenvalue weighted by Crippen LogP contribution is -2.25. The van der Waals surface area contributed by atoms with Crippen molar-refractivity contribution < 1.29 is 4.74 Å². The van der Waals surface area contributed by atoms with Crippen LogP contribution < -0.4 is 4.74 Å². The molecule has 26 heavy (non-hydrogen) atoms. The van der Waals surface area contributed by atoms with Crippen molar-refractivity contribution in [3.8, 4) is 5.75 Å². The maximum absolute atomic E-state index is 6.59. The molecule has 1 nitrogen and oxygen atoms in total. The van der Waals surface area contributed by atoms with Crippen LogP contribution in [-0.4, -0.2) is 6.61 Å². The Morgan fingerprint density at radius 3 is 2.04 bits per heavy atom. The van der Waals surface area contributed by atoms with E-state index in [4.69, 9.17) is 27.9 Å². The minimum Gasteiger partial charge on any atom is -0.492 e. The molecule has 0 aliphatic heterocycles. The van der Waals surface area contributed by atoms with Crippen LogP contribution in [0.4, 0.5) is 0 Å². The van der Waals surface area contributed by atoms with Crippen molar-refractivity contribution in [1.82, 2.24) is 0 Å². The Morgan fingerprint density at radius 1 is 0.846 bits per heavy atom. The molecule has 1 aromatic carbocycles. The third-order valence-electron chi connectivity index (χ3n) is 6.84. The average Bonchev–Trinajstić information content (AvgIpc) is 2.67. The van der Waals surface area contributed by atoms with Crippen molar-refractivity contribution in [3.63, 3.8) is 0 Å². The van der Waals surface area contributed by atoms with Gasteiger partial charge in [-0.15, -0.1) is 0 Å². The predicted octanol–water partition coefficient (Wildman–Crippen LogP) is 8.27. The molecule has 0 aromatic heterocycles. The second-order valence-electron chi connectivity index (χ2n) is 8.40. The number of ether oxygens (including phenoxy) is 1. The average molecular weight is 397 g/mol. The zero-order valence-electron chi connectivity index (χ0n) is 16.4. The molecule has 2 aliphatic carbocycles. The second-order valence-corrected chi connectivity index (χ2v) is 9.15. The molecule has 0 saturated heterocycles. The third kappa shape index (κ3) is 4.71. The maximum Gasteiger partial charge on any atom is 0.139 e. The third-order valence-corrected chi connectivity index (χ3v) is 7.72. The van der Waals surface area contributed by atoms with Crippen LogP contribution in [0.2, 0.25) is 10.0 Å². The summed E-state index contributed by atoms with van der Waals surface area (Å²) in [5, 5.41) is 1.29. The van der Waals surface area contributed by atoms with E-state index in [0.29, 0.717) is 28.3 Å². The lowest BCUT2D eigenvalue weighted by Gasteiger charge is -2.38. The van der Waals surface area contributed by atoms with E-state index in [1.807, 2.05) is 13.0 Å². The monoisotopic (exact) mass is 396 g/mol. The standard InChI is InChI=1S/C23H34Cl2O/c1-3-5-16-6-8-17(9-7-16)18-10-12-19(13-11-18)20-14-15-21(26-4-2)23(25)22(20)24/h14-19H,3-13H2,1-2H3/t16-,17-,18-,19-. The molecular formula is C23H34Cl2O. The molecule has 0 heterocycles. The lowest BCUT2D eigenvalue weighted by molar-refractivity contribution is 0.156. The van der Waals surface area contributed by atoms with E-state index < -0.39 is 0 Å². The first-order valence-corrected chi connectivity index (χ1v) is 11.5. The van der Waals surface area contributed by atoms with E-state index in [2.05, 4.69) is 13.0 Å². The van der Waals surface area contributed by atoms with Crippen LogP contribution in [-0.2, 0) is 0 Å². The van der Waals surface area contributed by atoms with Gasteiger partial charge >= 0.3 is 0 Å². The molecule has 0 N–H and O–H groups in total. The molecule has 0 bridgehead atoms. The van der Waals surface area contributed by atoms with Gasteiger partial charge in [0.2, 0.25) is 0 Å². The summed E-state index contributed by atoms with van der Waals surface area (Å²) in [6.07, 6.45) is 13.9. The molecule has 2 saturated carbocycles. The summed E-state index contributed by atoms with van der Waals surface area (Å²) in [4.78, 5) is 0. The molecule has 2 fully saturated rings. The van der Waals surface area contributed by atoms with Gasteiger partial charge in [-0.2, -0.15) is 0 Å². The maximum atomic E-state index is 6.59. The van der Waals surface area contributed by atoms with Crippen LogP contribution in [0.15, 0.2) is 12.1 Å². The van der Waals surface area contributed by atoms with Gasteiger partial charge in [0.05, 0.1) is 11.6 Å². The minimum atomic E-state index is 0.559. The van der Waals surface area contributed by atoms with Gasteiger partial charge in [0.1, 0.15) is 10.8 Å². The number of benzene rings is 1. The Labute approximate surface area is 169 Å². The highest BCUT2D eigenvalue weighted by Crippen LogP contribution is 2.47. The summed E-state index contributed by atoms with van der Waals surface area (Å²) in [5.74, 6) is 4.19. The molecular weight excluding hydrogens is 363 g/mol. The predicted molar refractivity (Wildman–Crippen MR) is 113 cm³/mol. The fraction of sp³-hybridized carbons (Fsp3) is 0.739. The first-order valence-electron chi connectivity index (χ1n) is 10.7. The number of halogens is 2. The summed E-state index contributed by atoms with van der Waals surface area (Å²) < 4.78 is 5.57.